The molecule has 5 heteroatoms. The van der Waals surface area contributed by atoms with Crippen LogP contribution in [0.2, 0.25) is 0 Å². The van der Waals surface area contributed by atoms with Crippen LogP contribution in [0.5, 0.6) is 17.2 Å². The third kappa shape index (κ3) is 1.75. The van der Waals surface area contributed by atoms with Gasteiger partial charge in [-0.1, -0.05) is 0 Å². The first kappa shape index (κ1) is 12.3. The maximum absolute atomic E-state index is 12.5. The van der Waals surface area contributed by atoms with Crippen molar-refractivity contribution >= 4 is 21.9 Å². The fourth-order valence-electron chi connectivity index (χ4n) is 2.16. The molecule has 0 saturated heterocycles. The highest BCUT2D eigenvalue weighted by atomic mass is 16.5. The minimum absolute atomic E-state index is 0.131. The summed E-state index contributed by atoms with van der Waals surface area (Å²) in [6.07, 6.45) is 0. The number of phenolic OH excluding ortho intramolecular Hbond substituents is 1. The molecule has 0 unspecified atom stereocenters. The van der Waals surface area contributed by atoms with E-state index in [-0.39, 0.29) is 22.1 Å². The Morgan fingerprint density at radius 3 is 2.45 bits per heavy atom. The standard InChI is InChI=1S/C15H12O5/c1-18-8-3-4-12-10(5-8)15(17)14-11(16)6-9(19-2)7-13(14)20-12/h3-7,16H,1-2H3. The predicted molar refractivity (Wildman–Crippen MR) is 74.8 cm³/mol. The SMILES string of the molecule is COc1cc(O)c2c(=O)c3cc(OC)ccc3oc2c1. The number of phenols is 1. The van der Waals surface area contributed by atoms with E-state index in [1.807, 2.05) is 0 Å². The lowest BCUT2D eigenvalue weighted by Gasteiger charge is -2.07. The lowest BCUT2D eigenvalue weighted by atomic mass is 10.1. The van der Waals surface area contributed by atoms with Crippen LogP contribution in [-0.2, 0) is 0 Å². The minimum Gasteiger partial charge on any atom is -0.507 e. The van der Waals surface area contributed by atoms with Crippen molar-refractivity contribution in [3.8, 4) is 17.2 Å². The van der Waals surface area contributed by atoms with Crippen LogP contribution in [0.3, 0.4) is 0 Å². The molecule has 0 saturated carbocycles. The third-order valence-corrected chi connectivity index (χ3v) is 3.17. The van der Waals surface area contributed by atoms with Gasteiger partial charge in [-0.05, 0) is 18.2 Å². The molecule has 5 nitrogen and oxygen atoms in total. The number of methoxy groups -OCH3 is 2. The highest BCUT2D eigenvalue weighted by Crippen LogP contribution is 2.31. The Labute approximate surface area is 114 Å². The van der Waals surface area contributed by atoms with E-state index in [4.69, 9.17) is 13.9 Å². The number of rotatable bonds is 2. The van der Waals surface area contributed by atoms with Gasteiger partial charge in [0.15, 0.2) is 0 Å². The number of aromatic hydroxyl groups is 1. The van der Waals surface area contributed by atoms with Gasteiger partial charge in [-0.25, -0.2) is 0 Å². The summed E-state index contributed by atoms with van der Waals surface area (Å²) in [6.45, 7) is 0. The van der Waals surface area contributed by atoms with Crippen LogP contribution >= 0.6 is 0 Å². The maximum Gasteiger partial charge on any atom is 0.204 e. The van der Waals surface area contributed by atoms with Crippen molar-refractivity contribution in [2.24, 2.45) is 0 Å². The second-order valence-electron chi connectivity index (χ2n) is 4.31. The van der Waals surface area contributed by atoms with Crippen molar-refractivity contribution in [1.29, 1.82) is 0 Å². The van der Waals surface area contributed by atoms with Gasteiger partial charge in [-0.15, -0.1) is 0 Å². The second kappa shape index (κ2) is 4.45. The molecule has 0 spiro atoms. The van der Waals surface area contributed by atoms with Crippen LogP contribution in [0.1, 0.15) is 0 Å². The molecule has 0 aliphatic heterocycles. The van der Waals surface area contributed by atoms with Gasteiger partial charge >= 0.3 is 0 Å². The second-order valence-corrected chi connectivity index (χ2v) is 4.31. The molecule has 2 aromatic carbocycles. The van der Waals surface area contributed by atoms with Gasteiger partial charge in [0.25, 0.3) is 0 Å². The summed E-state index contributed by atoms with van der Waals surface area (Å²) in [5.74, 6) is 0.806. The van der Waals surface area contributed by atoms with Crippen LogP contribution in [-0.4, -0.2) is 19.3 Å². The fourth-order valence-corrected chi connectivity index (χ4v) is 2.16. The van der Waals surface area contributed by atoms with Crippen molar-refractivity contribution < 1.29 is 19.0 Å². The lowest BCUT2D eigenvalue weighted by molar-refractivity contribution is 0.408. The molecule has 0 aliphatic rings. The Balaban J connectivity index is 2.47. The van der Waals surface area contributed by atoms with Crippen LogP contribution in [0.25, 0.3) is 21.9 Å². The van der Waals surface area contributed by atoms with E-state index in [1.54, 1.807) is 24.3 Å². The van der Waals surface area contributed by atoms with E-state index in [1.165, 1.54) is 20.3 Å². The highest BCUT2D eigenvalue weighted by Gasteiger charge is 2.13. The molecule has 0 radical (unpaired) electrons. The molecule has 20 heavy (non-hydrogen) atoms. The average molecular weight is 272 g/mol. The minimum atomic E-state index is -0.305. The molecule has 0 atom stereocenters. The summed E-state index contributed by atoms with van der Waals surface area (Å²) in [4.78, 5) is 12.5. The fraction of sp³-hybridized carbons (Fsp3) is 0.133. The molecular weight excluding hydrogens is 260 g/mol. The highest BCUT2D eigenvalue weighted by molar-refractivity contribution is 5.94. The molecular formula is C15H12O5. The van der Waals surface area contributed by atoms with Gasteiger partial charge in [0.2, 0.25) is 5.43 Å². The molecule has 1 N–H and O–H groups in total. The van der Waals surface area contributed by atoms with Crippen molar-refractivity contribution in [2.45, 2.75) is 0 Å². The van der Waals surface area contributed by atoms with Crippen molar-refractivity contribution in [3.05, 3.63) is 40.6 Å². The number of hydrogen-bond donors (Lipinski definition) is 1. The molecule has 0 fully saturated rings. The monoisotopic (exact) mass is 272 g/mol. The van der Waals surface area contributed by atoms with Gasteiger partial charge in [-0.3, -0.25) is 4.79 Å². The zero-order valence-electron chi connectivity index (χ0n) is 11.0. The van der Waals surface area contributed by atoms with E-state index in [9.17, 15) is 9.90 Å². The molecule has 1 aromatic heterocycles. The van der Waals surface area contributed by atoms with E-state index < -0.39 is 0 Å². The van der Waals surface area contributed by atoms with Crippen LogP contribution in [0, 0.1) is 0 Å². The Bertz CT molecular complexity index is 863. The first-order valence-corrected chi connectivity index (χ1v) is 5.95. The quantitative estimate of drug-likeness (QED) is 0.726. The molecule has 0 bridgehead atoms. The number of hydrogen-bond acceptors (Lipinski definition) is 5. The Morgan fingerprint density at radius 2 is 1.75 bits per heavy atom. The van der Waals surface area contributed by atoms with E-state index in [0.29, 0.717) is 22.5 Å². The summed E-state index contributed by atoms with van der Waals surface area (Å²) in [6, 6.07) is 7.90. The van der Waals surface area contributed by atoms with Gasteiger partial charge in [0.1, 0.15) is 33.8 Å². The molecule has 0 aliphatic carbocycles. The Morgan fingerprint density at radius 1 is 1.00 bits per heavy atom. The molecule has 3 aromatic rings. The van der Waals surface area contributed by atoms with Crippen molar-refractivity contribution in [3.63, 3.8) is 0 Å². The van der Waals surface area contributed by atoms with Gasteiger partial charge in [0.05, 0.1) is 19.6 Å². The normalized spacial score (nSPS) is 10.9. The van der Waals surface area contributed by atoms with Crippen LogP contribution in [0.4, 0.5) is 0 Å². The molecule has 102 valence electrons. The molecule has 3 rings (SSSR count). The Kier molecular flexibility index (Phi) is 2.75. The summed E-state index contributed by atoms with van der Waals surface area (Å²) in [7, 11) is 3.00. The van der Waals surface area contributed by atoms with Crippen LogP contribution < -0.4 is 14.9 Å². The number of ether oxygens (including phenoxy) is 2. The third-order valence-electron chi connectivity index (χ3n) is 3.17. The van der Waals surface area contributed by atoms with E-state index >= 15 is 0 Å². The summed E-state index contributed by atoms with van der Waals surface area (Å²) in [5.41, 5.74) is 0.403. The smallest absolute Gasteiger partial charge is 0.204 e. The van der Waals surface area contributed by atoms with E-state index in [0.717, 1.165) is 0 Å². The number of fused-ring (bicyclic) bond motifs is 2. The van der Waals surface area contributed by atoms with Gasteiger partial charge in [-0.2, -0.15) is 0 Å². The van der Waals surface area contributed by atoms with Crippen LogP contribution in [0.15, 0.2) is 39.5 Å². The summed E-state index contributed by atoms with van der Waals surface area (Å²) in [5, 5.41) is 10.5. The first-order valence-electron chi connectivity index (χ1n) is 5.95. The van der Waals surface area contributed by atoms with E-state index in [2.05, 4.69) is 0 Å². The predicted octanol–water partition coefficient (Wildman–Crippen LogP) is 2.67. The molecule has 0 amide bonds. The maximum atomic E-state index is 12.5. The zero-order chi connectivity index (χ0) is 14.3. The van der Waals surface area contributed by atoms with Gasteiger partial charge in [0, 0.05) is 12.1 Å². The van der Waals surface area contributed by atoms with Crippen molar-refractivity contribution in [2.75, 3.05) is 14.2 Å². The topological polar surface area (TPSA) is 68.9 Å². The summed E-state index contributed by atoms with van der Waals surface area (Å²) >= 11 is 0. The first-order chi connectivity index (χ1) is 9.63. The average Bonchev–Trinajstić information content (AvgIpc) is 2.46. The largest absolute Gasteiger partial charge is 0.507 e. The zero-order valence-corrected chi connectivity index (χ0v) is 11.0. The van der Waals surface area contributed by atoms with Gasteiger partial charge < -0.3 is 19.0 Å². The molecule has 1 heterocycles. The Hall–Kier alpha value is -2.69. The number of benzene rings is 2. The lowest BCUT2D eigenvalue weighted by Crippen LogP contribution is -2.03. The summed E-state index contributed by atoms with van der Waals surface area (Å²) < 4.78 is 15.8. The van der Waals surface area contributed by atoms with Crippen molar-refractivity contribution in [1.82, 2.24) is 0 Å².